The molecule has 106 valence electrons. The first kappa shape index (κ1) is 15.4. The fourth-order valence-corrected chi connectivity index (χ4v) is 2.42. The van der Waals surface area contributed by atoms with Crippen molar-refractivity contribution in [3.63, 3.8) is 0 Å². The summed E-state index contributed by atoms with van der Waals surface area (Å²) >= 11 is 4.89. The van der Waals surface area contributed by atoms with Gasteiger partial charge in [-0.1, -0.05) is 79.5 Å². The second-order valence-corrected chi connectivity index (χ2v) is 5.66. The summed E-state index contributed by atoms with van der Waals surface area (Å²) in [6.07, 6.45) is 1.70. The zero-order chi connectivity index (χ0) is 15.2. The van der Waals surface area contributed by atoms with Crippen LogP contribution >= 0.6 is 12.2 Å². The normalized spacial score (nSPS) is 10.1. The summed E-state index contributed by atoms with van der Waals surface area (Å²) in [5.41, 5.74) is 7.11. The van der Waals surface area contributed by atoms with E-state index in [0.29, 0.717) is 0 Å². The van der Waals surface area contributed by atoms with Gasteiger partial charge in [0.2, 0.25) is 0 Å². The third-order valence-corrected chi connectivity index (χ3v) is 3.71. The molecule has 0 saturated carbocycles. The summed E-state index contributed by atoms with van der Waals surface area (Å²) in [5.74, 6) is 0. The average molecular weight is 292 g/mol. The summed E-state index contributed by atoms with van der Waals surface area (Å²) < 4.78 is 0. The van der Waals surface area contributed by atoms with Gasteiger partial charge in [0, 0.05) is 6.42 Å². The minimum atomic E-state index is 0.838. The molecule has 0 amide bonds. The van der Waals surface area contributed by atoms with Gasteiger partial charge >= 0.3 is 0 Å². The van der Waals surface area contributed by atoms with Crippen molar-refractivity contribution >= 4 is 28.7 Å². The highest BCUT2D eigenvalue weighted by Gasteiger charge is 2.02. The van der Waals surface area contributed by atoms with Gasteiger partial charge in [-0.15, -0.1) is 0 Å². The Labute approximate surface area is 132 Å². The first-order valence-electron chi connectivity index (χ1n) is 7.05. The largest absolute Gasteiger partial charge is 0.0955 e. The summed E-state index contributed by atoms with van der Waals surface area (Å²) in [6.45, 7) is 10.2. The van der Waals surface area contributed by atoms with Crippen LogP contribution in [0.1, 0.15) is 29.2 Å². The fourth-order valence-electron chi connectivity index (χ4n) is 2.23. The van der Waals surface area contributed by atoms with E-state index < -0.39 is 0 Å². The molecule has 1 heteroatoms. The van der Waals surface area contributed by atoms with Crippen molar-refractivity contribution in [1.82, 2.24) is 0 Å². The van der Waals surface area contributed by atoms with Gasteiger partial charge in [0.1, 0.15) is 0 Å². The van der Waals surface area contributed by atoms with Crippen LogP contribution < -0.4 is 0 Å². The highest BCUT2D eigenvalue weighted by Crippen LogP contribution is 2.20. The number of allylic oxidation sites excluding steroid dienone is 2. The molecule has 0 aliphatic rings. The Morgan fingerprint density at radius 2 is 1.43 bits per heavy atom. The van der Waals surface area contributed by atoms with Gasteiger partial charge in [0.25, 0.3) is 0 Å². The van der Waals surface area contributed by atoms with Crippen molar-refractivity contribution in [2.24, 2.45) is 0 Å². The molecule has 0 nitrogen and oxygen atoms in total. The lowest BCUT2D eigenvalue weighted by Gasteiger charge is -2.08. The van der Waals surface area contributed by atoms with Crippen LogP contribution in [0.3, 0.4) is 0 Å². The molecule has 2 aromatic rings. The third kappa shape index (κ3) is 4.24. The van der Waals surface area contributed by atoms with Gasteiger partial charge in [-0.2, -0.15) is 0 Å². The Balaban J connectivity index is 2.06. The second-order valence-electron chi connectivity index (χ2n) is 5.33. The van der Waals surface area contributed by atoms with Crippen molar-refractivity contribution in [2.45, 2.75) is 19.8 Å². The number of benzene rings is 2. The maximum atomic E-state index is 4.89. The van der Waals surface area contributed by atoms with Crippen LogP contribution in [-0.4, -0.2) is 5.37 Å². The van der Waals surface area contributed by atoms with Gasteiger partial charge in [-0.25, -0.2) is 0 Å². The smallest absolute Gasteiger partial charge is 0.000775 e. The molecule has 0 saturated heterocycles. The van der Waals surface area contributed by atoms with Gasteiger partial charge in [0.05, 0.1) is 0 Å². The van der Waals surface area contributed by atoms with E-state index in [0.717, 1.165) is 24.0 Å². The van der Waals surface area contributed by atoms with Crippen LogP contribution in [0.15, 0.2) is 61.7 Å². The lowest BCUT2D eigenvalue weighted by Crippen LogP contribution is -1.91. The quantitative estimate of drug-likeness (QED) is 0.632. The van der Waals surface area contributed by atoms with Crippen molar-refractivity contribution in [1.29, 1.82) is 0 Å². The van der Waals surface area contributed by atoms with Crippen LogP contribution in [0.5, 0.6) is 0 Å². The highest BCUT2D eigenvalue weighted by atomic mass is 32.1. The van der Waals surface area contributed by atoms with E-state index >= 15 is 0 Å². The topological polar surface area (TPSA) is 0 Å². The molecule has 0 aliphatic carbocycles. The van der Waals surface area contributed by atoms with Crippen molar-refractivity contribution in [3.05, 3.63) is 83.9 Å². The van der Waals surface area contributed by atoms with E-state index in [2.05, 4.69) is 61.7 Å². The monoisotopic (exact) mass is 292 g/mol. The zero-order valence-corrected chi connectivity index (χ0v) is 13.2. The highest BCUT2D eigenvalue weighted by molar-refractivity contribution is 7.78. The molecule has 2 aromatic carbocycles. The van der Waals surface area contributed by atoms with E-state index in [1.807, 2.05) is 6.92 Å². The Morgan fingerprint density at radius 1 is 0.905 bits per heavy atom. The number of hydrogen-bond donors (Lipinski definition) is 0. The molecule has 0 bridgehead atoms. The van der Waals surface area contributed by atoms with E-state index in [1.54, 1.807) is 5.37 Å². The summed E-state index contributed by atoms with van der Waals surface area (Å²) in [6, 6.07) is 17.0. The van der Waals surface area contributed by atoms with Crippen LogP contribution in [0.4, 0.5) is 0 Å². The minimum Gasteiger partial charge on any atom is -0.0955 e. The van der Waals surface area contributed by atoms with Crippen molar-refractivity contribution in [3.8, 4) is 0 Å². The molecule has 2 rings (SSSR count). The molecule has 0 atom stereocenters. The first-order chi connectivity index (χ1) is 10.1. The Hall–Kier alpha value is -1.99. The number of hydrogen-bond acceptors (Lipinski definition) is 1. The van der Waals surface area contributed by atoms with Crippen LogP contribution in [-0.2, 0) is 12.8 Å². The number of rotatable bonds is 6. The maximum absolute atomic E-state index is 4.89. The van der Waals surface area contributed by atoms with Gasteiger partial charge < -0.3 is 0 Å². The van der Waals surface area contributed by atoms with Crippen LogP contribution in [0, 0.1) is 0 Å². The standard InChI is InChI=1S/C20H20S/c1-15(2)19-8-6-18(7-9-19)14-16(3)20-10-4-17(5-11-20)12-13-21/h4-11,13H,1,3,12,14H2,2H3. The Bertz CT molecular complexity index is 645. The van der Waals surface area contributed by atoms with Gasteiger partial charge in [0.15, 0.2) is 0 Å². The van der Waals surface area contributed by atoms with Crippen LogP contribution in [0.2, 0.25) is 0 Å². The molecule has 0 N–H and O–H groups in total. The number of thiocarbonyl (C=S) groups is 1. The Kier molecular flexibility index (Phi) is 5.24. The predicted molar refractivity (Wildman–Crippen MR) is 97.7 cm³/mol. The molecule has 0 fully saturated rings. The molecule has 21 heavy (non-hydrogen) atoms. The molecular formula is C20H20S. The summed E-state index contributed by atoms with van der Waals surface area (Å²) in [7, 11) is 0. The van der Waals surface area contributed by atoms with Crippen molar-refractivity contribution < 1.29 is 0 Å². The summed E-state index contributed by atoms with van der Waals surface area (Å²) in [5, 5.41) is 1.76. The summed E-state index contributed by atoms with van der Waals surface area (Å²) in [4.78, 5) is 0. The Morgan fingerprint density at radius 3 is 1.95 bits per heavy atom. The second kappa shape index (κ2) is 7.14. The molecule has 0 aliphatic heterocycles. The van der Waals surface area contributed by atoms with E-state index in [1.165, 1.54) is 22.3 Å². The minimum absolute atomic E-state index is 0.838. The maximum Gasteiger partial charge on any atom is 0.000775 e. The predicted octanol–water partition coefficient (Wildman–Crippen LogP) is 5.52. The zero-order valence-electron chi connectivity index (χ0n) is 12.4. The van der Waals surface area contributed by atoms with E-state index in [9.17, 15) is 0 Å². The third-order valence-electron chi connectivity index (χ3n) is 3.55. The lowest BCUT2D eigenvalue weighted by molar-refractivity contribution is 1.27. The molecule has 0 aromatic heterocycles. The molecule has 0 unspecified atom stereocenters. The molecular weight excluding hydrogens is 272 g/mol. The van der Waals surface area contributed by atoms with Gasteiger partial charge in [-0.05, 0) is 46.5 Å². The van der Waals surface area contributed by atoms with Gasteiger partial charge in [-0.3, -0.25) is 0 Å². The molecule has 0 radical (unpaired) electrons. The average Bonchev–Trinajstić information content (AvgIpc) is 2.49. The first-order valence-corrected chi connectivity index (χ1v) is 7.53. The lowest BCUT2D eigenvalue weighted by atomic mass is 9.97. The van der Waals surface area contributed by atoms with E-state index in [4.69, 9.17) is 12.2 Å². The molecule has 0 heterocycles. The van der Waals surface area contributed by atoms with Crippen LogP contribution in [0.25, 0.3) is 11.1 Å². The molecule has 0 spiro atoms. The fraction of sp³-hybridized carbons (Fsp3) is 0.150. The van der Waals surface area contributed by atoms with Crippen molar-refractivity contribution in [2.75, 3.05) is 0 Å². The van der Waals surface area contributed by atoms with E-state index in [-0.39, 0.29) is 0 Å². The SMILES string of the molecule is C=C(C)c1ccc(CC(=C)c2ccc(CC=S)cc2)cc1.